The van der Waals surface area contributed by atoms with E-state index < -0.39 is 27.9 Å². The van der Waals surface area contributed by atoms with Crippen molar-refractivity contribution in [2.45, 2.75) is 23.8 Å². The highest BCUT2D eigenvalue weighted by Gasteiger charge is 2.31. The van der Waals surface area contributed by atoms with Crippen LogP contribution in [0.3, 0.4) is 0 Å². The SMILES string of the molecule is NNc1ncc(S(=O)(=O)NC2CCC(=O)NC2=O)cn1. The molecule has 1 aliphatic rings. The first-order chi connectivity index (χ1) is 9.42. The van der Waals surface area contributed by atoms with Crippen LogP contribution < -0.4 is 21.3 Å². The highest BCUT2D eigenvalue weighted by molar-refractivity contribution is 7.89. The first-order valence-electron chi connectivity index (χ1n) is 5.57. The van der Waals surface area contributed by atoms with E-state index in [1.807, 2.05) is 0 Å². The van der Waals surface area contributed by atoms with Crippen molar-refractivity contribution in [1.82, 2.24) is 20.0 Å². The van der Waals surface area contributed by atoms with Crippen LogP contribution in [0.5, 0.6) is 0 Å². The van der Waals surface area contributed by atoms with Gasteiger partial charge in [-0.05, 0) is 6.42 Å². The van der Waals surface area contributed by atoms with Gasteiger partial charge < -0.3 is 0 Å². The Hall–Kier alpha value is -2.11. The molecule has 0 spiro atoms. The van der Waals surface area contributed by atoms with Crippen molar-refractivity contribution in [2.75, 3.05) is 5.43 Å². The van der Waals surface area contributed by atoms with Crippen LogP contribution in [-0.4, -0.2) is 36.2 Å². The molecule has 2 rings (SSSR count). The third-order valence-electron chi connectivity index (χ3n) is 2.60. The van der Waals surface area contributed by atoms with Gasteiger partial charge in [-0.15, -0.1) is 0 Å². The van der Waals surface area contributed by atoms with E-state index >= 15 is 0 Å². The van der Waals surface area contributed by atoms with Gasteiger partial charge in [-0.25, -0.2) is 24.2 Å². The smallest absolute Gasteiger partial charge is 0.244 e. The third kappa shape index (κ3) is 3.07. The molecule has 20 heavy (non-hydrogen) atoms. The van der Waals surface area contributed by atoms with Gasteiger partial charge in [-0.1, -0.05) is 0 Å². The number of hydrazine groups is 1. The van der Waals surface area contributed by atoms with Crippen molar-refractivity contribution >= 4 is 27.8 Å². The summed E-state index contributed by atoms with van der Waals surface area (Å²) in [7, 11) is -3.95. The molecule has 108 valence electrons. The molecule has 2 amide bonds. The van der Waals surface area contributed by atoms with Crippen LogP contribution >= 0.6 is 0 Å². The Morgan fingerprint density at radius 3 is 2.50 bits per heavy atom. The van der Waals surface area contributed by atoms with Gasteiger partial charge in [0.1, 0.15) is 10.9 Å². The predicted molar refractivity (Wildman–Crippen MR) is 66.3 cm³/mol. The maximum Gasteiger partial charge on any atom is 0.244 e. The molecule has 1 unspecified atom stereocenters. The van der Waals surface area contributed by atoms with Gasteiger partial charge in [0.15, 0.2) is 0 Å². The van der Waals surface area contributed by atoms with Crippen LogP contribution in [0.1, 0.15) is 12.8 Å². The summed E-state index contributed by atoms with van der Waals surface area (Å²) >= 11 is 0. The van der Waals surface area contributed by atoms with Gasteiger partial charge in [0.05, 0.1) is 12.4 Å². The zero-order valence-corrected chi connectivity index (χ0v) is 11.0. The molecule has 1 aliphatic heterocycles. The Morgan fingerprint density at radius 2 is 1.95 bits per heavy atom. The number of hydrogen-bond acceptors (Lipinski definition) is 8. The second-order valence-corrected chi connectivity index (χ2v) is 5.73. The van der Waals surface area contributed by atoms with Gasteiger partial charge in [-0.2, -0.15) is 4.72 Å². The molecule has 5 N–H and O–H groups in total. The lowest BCUT2D eigenvalue weighted by atomic mass is 10.1. The Labute approximate surface area is 114 Å². The average Bonchev–Trinajstić information content (AvgIpc) is 2.42. The highest BCUT2D eigenvalue weighted by Crippen LogP contribution is 2.11. The molecule has 0 aliphatic carbocycles. The number of nitrogens with two attached hydrogens (primary N) is 1. The number of nitrogens with zero attached hydrogens (tertiary/aromatic N) is 2. The van der Waals surface area contributed by atoms with Gasteiger partial charge >= 0.3 is 0 Å². The number of imide groups is 1. The first kappa shape index (κ1) is 14.3. The maximum absolute atomic E-state index is 12.0. The number of nitrogens with one attached hydrogen (secondary N) is 3. The van der Waals surface area contributed by atoms with E-state index in [0.29, 0.717) is 0 Å². The van der Waals surface area contributed by atoms with Crippen molar-refractivity contribution in [3.05, 3.63) is 12.4 Å². The van der Waals surface area contributed by atoms with Gasteiger partial charge in [0, 0.05) is 6.42 Å². The van der Waals surface area contributed by atoms with Gasteiger partial charge in [0.2, 0.25) is 27.8 Å². The van der Waals surface area contributed by atoms with E-state index in [2.05, 4.69) is 25.4 Å². The van der Waals surface area contributed by atoms with E-state index in [1.165, 1.54) is 0 Å². The topological polar surface area (TPSA) is 156 Å². The zero-order valence-electron chi connectivity index (χ0n) is 10.2. The molecule has 1 saturated heterocycles. The van der Waals surface area contributed by atoms with Crippen molar-refractivity contribution in [3.8, 4) is 0 Å². The minimum Gasteiger partial charge on any atom is -0.295 e. The van der Waals surface area contributed by atoms with Crippen molar-refractivity contribution < 1.29 is 18.0 Å². The summed E-state index contributed by atoms with van der Waals surface area (Å²) in [6.45, 7) is 0. The number of piperidine rings is 1. The molecule has 1 atom stereocenters. The molecular formula is C9H12N6O4S. The summed E-state index contributed by atoms with van der Waals surface area (Å²) in [4.78, 5) is 29.6. The largest absolute Gasteiger partial charge is 0.295 e. The molecule has 0 bridgehead atoms. The summed E-state index contributed by atoms with van der Waals surface area (Å²) in [5.41, 5.74) is 2.16. The second kappa shape index (κ2) is 5.48. The molecule has 0 aromatic carbocycles. The molecule has 11 heteroatoms. The number of nitrogen functional groups attached to an aromatic ring is 1. The third-order valence-corrected chi connectivity index (χ3v) is 4.03. The molecule has 2 heterocycles. The first-order valence-corrected chi connectivity index (χ1v) is 7.05. The predicted octanol–water partition coefficient (Wildman–Crippen LogP) is -2.15. The van der Waals surface area contributed by atoms with Crippen LogP contribution in [0.4, 0.5) is 5.95 Å². The normalized spacial score (nSPS) is 19.6. The average molecular weight is 300 g/mol. The van der Waals surface area contributed by atoms with Crippen molar-refractivity contribution in [3.63, 3.8) is 0 Å². The lowest BCUT2D eigenvalue weighted by Crippen LogP contribution is -2.52. The van der Waals surface area contributed by atoms with E-state index in [-0.39, 0.29) is 23.7 Å². The number of hydrogen-bond donors (Lipinski definition) is 4. The van der Waals surface area contributed by atoms with Crippen LogP contribution in [0.15, 0.2) is 17.3 Å². The Morgan fingerprint density at radius 1 is 1.30 bits per heavy atom. The number of aromatic nitrogens is 2. The van der Waals surface area contributed by atoms with E-state index in [9.17, 15) is 18.0 Å². The van der Waals surface area contributed by atoms with E-state index in [1.54, 1.807) is 0 Å². The van der Waals surface area contributed by atoms with E-state index in [0.717, 1.165) is 12.4 Å². The molecule has 1 fully saturated rings. The minimum absolute atomic E-state index is 0.0601. The highest BCUT2D eigenvalue weighted by atomic mass is 32.2. The minimum atomic E-state index is -3.95. The van der Waals surface area contributed by atoms with Crippen molar-refractivity contribution in [2.24, 2.45) is 5.84 Å². The number of sulfonamides is 1. The molecular weight excluding hydrogens is 288 g/mol. The molecule has 0 saturated carbocycles. The fourth-order valence-corrected chi connectivity index (χ4v) is 2.71. The maximum atomic E-state index is 12.0. The summed E-state index contributed by atoms with van der Waals surface area (Å²) in [6.07, 6.45) is 2.28. The zero-order chi connectivity index (χ0) is 14.8. The Balaban J connectivity index is 2.14. The van der Waals surface area contributed by atoms with Crippen LogP contribution in [0.2, 0.25) is 0 Å². The molecule has 0 radical (unpaired) electrons. The quantitative estimate of drug-likeness (QED) is 0.278. The number of anilines is 1. The molecule has 1 aromatic heterocycles. The van der Waals surface area contributed by atoms with E-state index in [4.69, 9.17) is 5.84 Å². The Kier molecular flexibility index (Phi) is 3.92. The standard InChI is InChI=1S/C9H12N6O4S/c10-14-9-11-3-5(4-12-9)20(18,19)15-6-1-2-7(16)13-8(6)17/h3-4,6,15H,1-2,10H2,(H,11,12,14)(H,13,16,17). The van der Waals surface area contributed by atoms with Crippen LogP contribution in [0.25, 0.3) is 0 Å². The monoisotopic (exact) mass is 300 g/mol. The van der Waals surface area contributed by atoms with Crippen LogP contribution in [-0.2, 0) is 19.6 Å². The summed E-state index contributed by atoms with van der Waals surface area (Å²) in [5, 5.41) is 2.06. The molecule has 10 nitrogen and oxygen atoms in total. The van der Waals surface area contributed by atoms with Gasteiger partial charge in [0.25, 0.3) is 0 Å². The lowest BCUT2D eigenvalue weighted by molar-refractivity contribution is -0.134. The Bertz CT molecular complexity index is 628. The fraction of sp³-hybridized carbons (Fsp3) is 0.333. The van der Waals surface area contributed by atoms with Crippen LogP contribution in [0, 0.1) is 0 Å². The van der Waals surface area contributed by atoms with Crippen molar-refractivity contribution in [1.29, 1.82) is 0 Å². The lowest BCUT2D eigenvalue weighted by Gasteiger charge is -2.21. The molecule has 1 aromatic rings. The summed E-state index contributed by atoms with van der Waals surface area (Å²) < 4.78 is 26.2. The number of amides is 2. The number of rotatable bonds is 4. The summed E-state index contributed by atoms with van der Waals surface area (Å²) in [6, 6.07) is -0.995. The second-order valence-electron chi connectivity index (χ2n) is 4.01. The number of carbonyl (C=O) groups excluding carboxylic acids is 2. The number of carbonyl (C=O) groups is 2. The fourth-order valence-electron chi connectivity index (χ4n) is 1.59. The summed E-state index contributed by atoms with van der Waals surface area (Å²) in [5.74, 6) is 4.03. The van der Waals surface area contributed by atoms with Gasteiger partial charge in [-0.3, -0.25) is 20.3 Å².